The molecule has 1 heterocycles. The van der Waals surface area contributed by atoms with Crippen LogP contribution in [-0.4, -0.2) is 46.8 Å². The topological polar surface area (TPSA) is 83.1 Å². The van der Waals surface area contributed by atoms with E-state index in [0.29, 0.717) is 12.6 Å². The Morgan fingerprint density at radius 3 is 2.20 bits per heavy atom. The molecule has 3 N–H and O–H groups in total. The van der Waals surface area contributed by atoms with E-state index in [0.717, 1.165) is 89.9 Å². The van der Waals surface area contributed by atoms with Crippen molar-refractivity contribution in [1.82, 2.24) is 15.5 Å². The fourth-order valence-electron chi connectivity index (χ4n) is 10.6. The Kier molecular flexibility index (Phi) is 10.3. The van der Waals surface area contributed by atoms with Gasteiger partial charge >= 0.3 is 6.03 Å². The largest absolute Gasteiger partial charge is 0.392 e. The summed E-state index contributed by atoms with van der Waals surface area (Å²) < 4.78 is 13.4. The Morgan fingerprint density at radius 2 is 1.53 bits per heavy atom. The van der Waals surface area contributed by atoms with Crippen molar-refractivity contribution in [2.75, 3.05) is 13.1 Å². The molecule has 51 heavy (non-hydrogen) atoms. The molecule has 3 atom stereocenters. The summed E-state index contributed by atoms with van der Waals surface area (Å²) >= 11 is 0. The smallest absolute Gasteiger partial charge is 0.315 e. The fraction of sp³-hybridized carbons (Fsp3) is 0.523. The van der Waals surface area contributed by atoms with Gasteiger partial charge in [0.2, 0.25) is 0 Å². The van der Waals surface area contributed by atoms with Gasteiger partial charge < -0.3 is 25.2 Å². The number of ether oxygens (including phenoxy) is 2. The summed E-state index contributed by atoms with van der Waals surface area (Å²) in [5, 5.41) is 16.3. The van der Waals surface area contributed by atoms with Crippen molar-refractivity contribution < 1.29 is 19.4 Å². The summed E-state index contributed by atoms with van der Waals surface area (Å²) in [5.41, 5.74) is 6.29. The predicted octanol–water partition coefficient (Wildman–Crippen LogP) is 8.59. The van der Waals surface area contributed by atoms with Crippen molar-refractivity contribution in [2.24, 2.45) is 17.8 Å². The Hall–Kier alpha value is -3.49. The molecule has 0 spiro atoms. The molecule has 5 saturated carbocycles. The molecule has 2 amide bonds. The molecule has 1 aliphatic heterocycles. The van der Waals surface area contributed by atoms with Crippen molar-refractivity contribution in [3.8, 4) is 11.1 Å². The van der Waals surface area contributed by atoms with E-state index in [2.05, 4.69) is 76.7 Å². The minimum absolute atomic E-state index is 0.00121. The van der Waals surface area contributed by atoms with E-state index in [1.165, 1.54) is 44.9 Å². The number of rotatable bonds is 12. The second kappa shape index (κ2) is 15.2. The maximum absolute atomic E-state index is 13.3. The van der Waals surface area contributed by atoms with Gasteiger partial charge in [0, 0.05) is 43.2 Å². The van der Waals surface area contributed by atoms with E-state index in [9.17, 15) is 9.90 Å². The number of hydrogen-bond donors (Lipinski definition) is 3. The monoisotopic (exact) mass is 689 g/mol. The highest BCUT2D eigenvalue weighted by atomic mass is 16.7. The normalized spacial score (nSPS) is 30.1. The van der Waals surface area contributed by atoms with E-state index >= 15 is 0 Å². The number of nitrogens with one attached hydrogen (secondary N) is 2. The maximum Gasteiger partial charge on any atom is 0.315 e. The highest BCUT2D eigenvalue weighted by molar-refractivity contribution is 5.76. The third kappa shape index (κ3) is 7.83. The van der Waals surface area contributed by atoms with Crippen molar-refractivity contribution in [2.45, 2.75) is 114 Å². The predicted molar refractivity (Wildman–Crippen MR) is 201 cm³/mol. The van der Waals surface area contributed by atoms with Crippen molar-refractivity contribution in [1.29, 1.82) is 0 Å². The molecule has 6 aliphatic rings. The molecule has 3 aromatic rings. The highest BCUT2D eigenvalue weighted by Gasteiger charge is 2.51. The van der Waals surface area contributed by atoms with Crippen LogP contribution in [0.4, 0.5) is 4.79 Å². The molecule has 7 heteroatoms. The van der Waals surface area contributed by atoms with E-state index in [1.807, 2.05) is 24.3 Å². The van der Waals surface area contributed by atoms with Crippen LogP contribution in [0.1, 0.15) is 105 Å². The zero-order valence-electron chi connectivity index (χ0n) is 30.0. The molecule has 6 fully saturated rings. The van der Waals surface area contributed by atoms with Crippen LogP contribution in [0.25, 0.3) is 11.1 Å². The molecular formula is C44H55N3O4. The van der Waals surface area contributed by atoms with Gasteiger partial charge in [0.25, 0.3) is 0 Å². The standard InChI is InChI=1S/C44H55N3O4/c1-2-19-47(38-8-4-5-9-38)28-39-23-41(35-13-11-30(29-48)12-14-35)51-42(50-39)36-17-15-34(16-18-36)40-10-6-3-7-37(40)27-45-43(49)46-44-24-31-20-32(25-44)22-33(21-31)26-44/h2-3,6-7,10-18,31-33,38-39,41-42,48H,1,4-5,8-9,19-29H2,(H2,45,46,49). The quantitative estimate of drug-likeness (QED) is 0.166. The van der Waals surface area contributed by atoms with Gasteiger partial charge in [0.15, 0.2) is 6.29 Å². The third-order valence-electron chi connectivity index (χ3n) is 12.6. The first-order valence-corrected chi connectivity index (χ1v) is 19.6. The van der Waals surface area contributed by atoms with Crippen LogP contribution in [0.5, 0.6) is 0 Å². The Morgan fingerprint density at radius 1 is 0.863 bits per heavy atom. The van der Waals surface area contributed by atoms with E-state index in [4.69, 9.17) is 9.47 Å². The summed E-state index contributed by atoms with van der Waals surface area (Å²) in [6.07, 6.45) is 14.7. The van der Waals surface area contributed by atoms with Gasteiger partial charge in [0.1, 0.15) is 0 Å². The van der Waals surface area contributed by atoms with Gasteiger partial charge in [-0.3, -0.25) is 4.90 Å². The number of carbonyl (C=O) groups is 1. The highest BCUT2D eigenvalue weighted by Crippen LogP contribution is 2.55. The average Bonchev–Trinajstić information content (AvgIpc) is 3.69. The maximum atomic E-state index is 13.3. The first kappa shape index (κ1) is 34.6. The number of hydrogen-bond acceptors (Lipinski definition) is 5. The van der Waals surface area contributed by atoms with Gasteiger partial charge in [0.05, 0.1) is 18.8 Å². The number of nitrogens with zero attached hydrogens (tertiary/aromatic N) is 1. The second-order valence-corrected chi connectivity index (χ2v) is 16.3. The lowest BCUT2D eigenvalue weighted by atomic mass is 9.53. The first-order chi connectivity index (χ1) is 25.0. The molecule has 3 unspecified atom stereocenters. The second-order valence-electron chi connectivity index (χ2n) is 16.3. The molecule has 9 rings (SSSR count). The number of amides is 2. The van der Waals surface area contributed by atoms with Gasteiger partial charge in [-0.25, -0.2) is 4.79 Å². The Bertz CT molecular complexity index is 1610. The lowest BCUT2D eigenvalue weighted by molar-refractivity contribution is -0.253. The molecule has 1 saturated heterocycles. The summed E-state index contributed by atoms with van der Waals surface area (Å²) in [6, 6.07) is 25.5. The zero-order chi connectivity index (χ0) is 34.8. The van der Waals surface area contributed by atoms with Crippen molar-refractivity contribution in [3.63, 3.8) is 0 Å². The molecule has 0 radical (unpaired) electrons. The van der Waals surface area contributed by atoms with Crippen molar-refractivity contribution in [3.05, 3.63) is 108 Å². The lowest BCUT2D eigenvalue weighted by Gasteiger charge is -2.56. The number of benzene rings is 3. The van der Waals surface area contributed by atoms with Crippen LogP contribution in [-0.2, 0) is 22.6 Å². The summed E-state index contributed by atoms with van der Waals surface area (Å²) in [4.78, 5) is 15.8. The Balaban J connectivity index is 0.959. The zero-order valence-corrected chi connectivity index (χ0v) is 30.0. The van der Waals surface area contributed by atoms with Crippen LogP contribution in [0.3, 0.4) is 0 Å². The molecule has 0 aromatic heterocycles. The molecule has 4 bridgehead atoms. The first-order valence-electron chi connectivity index (χ1n) is 19.6. The number of aliphatic hydroxyl groups excluding tert-OH is 1. The Labute approximate surface area is 303 Å². The van der Waals surface area contributed by atoms with Gasteiger partial charge in [-0.15, -0.1) is 6.58 Å². The van der Waals surface area contributed by atoms with E-state index in [1.54, 1.807) is 0 Å². The third-order valence-corrected chi connectivity index (χ3v) is 12.6. The molecule has 5 aliphatic carbocycles. The average molecular weight is 690 g/mol. The number of aliphatic hydroxyl groups is 1. The number of carbonyl (C=O) groups excluding carboxylic acids is 1. The lowest BCUT2D eigenvalue weighted by Crippen LogP contribution is -2.61. The van der Waals surface area contributed by atoms with Crippen LogP contribution < -0.4 is 10.6 Å². The van der Waals surface area contributed by atoms with E-state index < -0.39 is 6.29 Å². The molecular weight excluding hydrogens is 635 g/mol. The van der Waals surface area contributed by atoms with Crippen LogP contribution in [0, 0.1) is 17.8 Å². The van der Waals surface area contributed by atoms with E-state index in [-0.39, 0.29) is 30.4 Å². The summed E-state index contributed by atoms with van der Waals surface area (Å²) in [7, 11) is 0. The molecule has 7 nitrogen and oxygen atoms in total. The minimum atomic E-state index is -0.500. The molecule has 3 aromatic carbocycles. The van der Waals surface area contributed by atoms with Crippen LogP contribution >= 0.6 is 0 Å². The molecule has 270 valence electrons. The fourth-order valence-corrected chi connectivity index (χ4v) is 10.6. The van der Waals surface area contributed by atoms with Gasteiger partial charge in [-0.2, -0.15) is 0 Å². The van der Waals surface area contributed by atoms with Gasteiger partial charge in [-0.1, -0.05) is 91.7 Å². The minimum Gasteiger partial charge on any atom is -0.392 e. The van der Waals surface area contributed by atoms with Crippen molar-refractivity contribution >= 4 is 6.03 Å². The van der Waals surface area contributed by atoms with Crippen LogP contribution in [0.2, 0.25) is 0 Å². The summed E-state index contributed by atoms with van der Waals surface area (Å²) in [6.45, 7) is 6.26. The summed E-state index contributed by atoms with van der Waals surface area (Å²) in [5.74, 6) is 2.39. The van der Waals surface area contributed by atoms with Gasteiger partial charge in [-0.05, 0) is 96.9 Å². The van der Waals surface area contributed by atoms with Crippen LogP contribution in [0.15, 0.2) is 85.5 Å². The number of urea groups is 1. The SMILES string of the molecule is C=CCN(CC1CC(c2ccc(CO)cc2)OC(c2ccc(-c3ccccc3CNC(=O)NC34CC5CC(CC(C5)C3)C4)cc2)O1)C1CCCC1.